The number of β-amino-alcohol motifs (C(OH)–C–C–N with tert-alkyl or cyclic N) is 1. The van der Waals surface area contributed by atoms with Gasteiger partial charge in [0.05, 0.1) is 18.9 Å². The summed E-state index contributed by atoms with van der Waals surface area (Å²) in [6, 6.07) is 3.78. The molecule has 1 aliphatic rings. The minimum atomic E-state index is -0.589. The van der Waals surface area contributed by atoms with E-state index >= 15 is 0 Å². The highest BCUT2D eigenvalue weighted by Crippen LogP contribution is 2.22. The van der Waals surface area contributed by atoms with Crippen molar-refractivity contribution in [3.8, 4) is 5.75 Å². The van der Waals surface area contributed by atoms with Crippen LogP contribution in [0.25, 0.3) is 5.65 Å². The SMILES string of the molecule is CCc1nnc2ccc(N3C[C@@H](O)[C@H](Oc4cnn(C)c4)C3)nn12. The van der Waals surface area contributed by atoms with E-state index in [1.165, 1.54) is 0 Å². The van der Waals surface area contributed by atoms with Crippen LogP contribution in [0.2, 0.25) is 0 Å². The van der Waals surface area contributed by atoms with Crippen molar-refractivity contribution < 1.29 is 9.84 Å². The Morgan fingerprint density at radius 2 is 2.17 bits per heavy atom. The van der Waals surface area contributed by atoms with E-state index in [4.69, 9.17) is 4.74 Å². The Kier molecular flexibility index (Phi) is 3.57. The predicted molar refractivity (Wildman–Crippen MR) is 86.0 cm³/mol. The first-order valence-electron chi connectivity index (χ1n) is 7.93. The molecule has 1 fully saturated rings. The third kappa shape index (κ3) is 2.56. The number of aliphatic hydroxyl groups excluding tert-OH is 1. The average molecular weight is 329 g/mol. The Bertz CT molecular complexity index is 859. The molecule has 2 atom stereocenters. The molecular weight excluding hydrogens is 310 g/mol. The zero-order chi connectivity index (χ0) is 16.7. The first-order chi connectivity index (χ1) is 11.6. The monoisotopic (exact) mass is 329 g/mol. The Balaban J connectivity index is 1.54. The second-order valence-electron chi connectivity index (χ2n) is 5.91. The highest BCUT2D eigenvalue weighted by atomic mass is 16.5. The van der Waals surface area contributed by atoms with E-state index in [0.29, 0.717) is 18.8 Å². The van der Waals surface area contributed by atoms with Gasteiger partial charge in [-0.3, -0.25) is 4.68 Å². The van der Waals surface area contributed by atoms with E-state index in [2.05, 4.69) is 20.4 Å². The van der Waals surface area contributed by atoms with Gasteiger partial charge in [0.2, 0.25) is 0 Å². The van der Waals surface area contributed by atoms with Gasteiger partial charge in [0.1, 0.15) is 18.0 Å². The fraction of sp³-hybridized carbons (Fsp3) is 0.467. The number of ether oxygens (including phenoxy) is 1. The van der Waals surface area contributed by atoms with Crippen molar-refractivity contribution in [1.29, 1.82) is 0 Å². The molecular formula is C15H19N7O2. The van der Waals surface area contributed by atoms with Crippen LogP contribution in [0, 0.1) is 0 Å². The standard InChI is InChI=1S/C15H19N7O2/c1-3-13-17-18-14-4-5-15(19-22(13)14)21-8-11(23)12(9-21)24-10-6-16-20(2)7-10/h4-7,11-12,23H,3,8-9H2,1-2H3/t11-,12-/m1/s1. The van der Waals surface area contributed by atoms with E-state index in [9.17, 15) is 5.11 Å². The van der Waals surface area contributed by atoms with E-state index in [0.717, 1.165) is 23.7 Å². The fourth-order valence-electron chi connectivity index (χ4n) is 2.91. The van der Waals surface area contributed by atoms with Crippen LogP contribution in [-0.4, -0.2) is 60.0 Å². The summed E-state index contributed by atoms with van der Waals surface area (Å²) in [5.74, 6) is 2.24. The van der Waals surface area contributed by atoms with Gasteiger partial charge in [-0.2, -0.15) is 9.61 Å². The van der Waals surface area contributed by atoms with Crippen LogP contribution < -0.4 is 9.64 Å². The molecule has 0 bridgehead atoms. The number of hydrogen-bond acceptors (Lipinski definition) is 7. The third-order valence-electron chi connectivity index (χ3n) is 4.16. The molecule has 3 aromatic rings. The lowest BCUT2D eigenvalue weighted by molar-refractivity contribution is 0.0737. The van der Waals surface area contributed by atoms with E-state index in [1.54, 1.807) is 21.6 Å². The number of fused-ring (bicyclic) bond motifs is 1. The molecule has 0 spiro atoms. The van der Waals surface area contributed by atoms with E-state index < -0.39 is 6.10 Å². The molecule has 9 heteroatoms. The van der Waals surface area contributed by atoms with Crippen LogP contribution in [0.5, 0.6) is 5.75 Å². The molecule has 3 aromatic heterocycles. The highest BCUT2D eigenvalue weighted by molar-refractivity contribution is 5.47. The predicted octanol–water partition coefficient (Wildman–Crippen LogP) is 0.0487. The van der Waals surface area contributed by atoms with Gasteiger partial charge in [-0.05, 0) is 12.1 Å². The van der Waals surface area contributed by atoms with Crippen molar-refractivity contribution in [3.05, 3.63) is 30.4 Å². The van der Waals surface area contributed by atoms with Crippen LogP contribution in [0.15, 0.2) is 24.5 Å². The van der Waals surface area contributed by atoms with E-state index in [-0.39, 0.29) is 6.10 Å². The summed E-state index contributed by atoms with van der Waals surface area (Å²) in [6.07, 6.45) is 3.27. The van der Waals surface area contributed by atoms with Crippen molar-refractivity contribution in [3.63, 3.8) is 0 Å². The van der Waals surface area contributed by atoms with Crippen LogP contribution in [0.4, 0.5) is 5.82 Å². The minimum Gasteiger partial charge on any atom is -0.482 e. The average Bonchev–Trinajstić information content (AvgIpc) is 3.26. The van der Waals surface area contributed by atoms with Crippen LogP contribution >= 0.6 is 0 Å². The quantitative estimate of drug-likeness (QED) is 0.723. The molecule has 0 radical (unpaired) electrons. The normalized spacial score (nSPS) is 20.9. The zero-order valence-electron chi connectivity index (χ0n) is 13.6. The summed E-state index contributed by atoms with van der Waals surface area (Å²) in [5.41, 5.74) is 0.721. The number of rotatable bonds is 4. The van der Waals surface area contributed by atoms with Gasteiger partial charge in [-0.15, -0.1) is 15.3 Å². The number of hydrogen-bond donors (Lipinski definition) is 1. The molecule has 24 heavy (non-hydrogen) atoms. The zero-order valence-corrected chi connectivity index (χ0v) is 13.6. The number of aryl methyl sites for hydroxylation is 2. The van der Waals surface area contributed by atoms with Crippen LogP contribution in [-0.2, 0) is 13.5 Å². The minimum absolute atomic E-state index is 0.321. The smallest absolute Gasteiger partial charge is 0.178 e. The van der Waals surface area contributed by atoms with Crippen LogP contribution in [0.1, 0.15) is 12.7 Å². The summed E-state index contributed by atoms with van der Waals surface area (Å²) >= 11 is 0. The van der Waals surface area contributed by atoms with Crippen molar-refractivity contribution in [2.24, 2.45) is 7.05 Å². The first-order valence-corrected chi connectivity index (χ1v) is 7.93. The molecule has 9 nitrogen and oxygen atoms in total. The number of aromatic nitrogens is 6. The molecule has 1 N–H and O–H groups in total. The molecule has 0 amide bonds. The Morgan fingerprint density at radius 3 is 2.92 bits per heavy atom. The molecule has 126 valence electrons. The molecule has 0 saturated carbocycles. The summed E-state index contributed by atoms with van der Waals surface area (Å²) in [7, 11) is 1.83. The number of anilines is 1. The van der Waals surface area contributed by atoms with Gasteiger partial charge in [-0.1, -0.05) is 6.92 Å². The Labute approximate surface area is 138 Å². The van der Waals surface area contributed by atoms with Gasteiger partial charge in [0.15, 0.2) is 17.2 Å². The van der Waals surface area contributed by atoms with Crippen molar-refractivity contribution in [1.82, 2.24) is 29.6 Å². The molecule has 1 aliphatic heterocycles. The Morgan fingerprint density at radius 1 is 1.29 bits per heavy atom. The van der Waals surface area contributed by atoms with Gasteiger partial charge in [-0.25, -0.2) is 0 Å². The van der Waals surface area contributed by atoms with Crippen molar-refractivity contribution in [2.75, 3.05) is 18.0 Å². The summed E-state index contributed by atoms with van der Waals surface area (Å²) in [4.78, 5) is 2.00. The molecule has 0 aliphatic carbocycles. The van der Waals surface area contributed by atoms with Gasteiger partial charge in [0, 0.05) is 20.0 Å². The summed E-state index contributed by atoms with van der Waals surface area (Å²) in [5, 5.41) is 27.2. The summed E-state index contributed by atoms with van der Waals surface area (Å²) < 4.78 is 9.26. The molecule has 4 rings (SSSR count). The maximum atomic E-state index is 10.3. The highest BCUT2D eigenvalue weighted by Gasteiger charge is 2.34. The number of nitrogens with zero attached hydrogens (tertiary/aromatic N) is 7. The lowest BCUT2D eigenvalue weighted by Crippen LogP contribution is -2.29. The maximum Gasteiger partial charge on any atom is 0.178 e. The van der Waals surface area contributed by atoms with Gasteiger partial charge < -0.3 is 14.7 Å². The second kappa shape index (κ2) is 5.75. The largest absolute Gasteiger partial charge is 0.482 e. The van der Waals surface area contributed by atoms with Crippen molar-refractivity contribution >= 4 is 11.5 Å². The van der Waals surface area contributed by atoms with Gasteiger partial charge >= 0.3 is 0 Å². The lowest BCUT2D eigenvalue weighted by Gasteiger charge is -2.17. The summed E-state index contributed by atoms with van der Waals surface area (Å²) in [6.45, 7) is 3.04. The first kappa shape index (κ1) is 14.9. The Hall–Kier alpha value is -2.68. The second-order valence-corrected chi connectivity index (χ2v) is 5.91. The van der Waals surface area contributed by atoms with Crippen molar-refractivity contribution in [2.45, 2.75) is 25.6 Å². The third-order valence-corrected chi connectivity index (χ3v) is 4.16. The van der Waals surface area contributed by atoms with Crippen LogP contribution in [0.3, 0.4) is 0 Å². The molecule has 4 heterocycles. The molecule has 0 unspecified atom stereocenters. The lowest BCUT2D eigenvalue weighted by atomic mass is 10.3. The van der Waals surface area contributed by atoms with Gasteiger partial charge in [0.25, 0.3) is 0 Å². The maximum absolute atomic E-state index is 10.3. The topological polar surface area (TPSA) is 93.6 Å². The molecule has 0 aromatic carbocycles. The number of aliphatic hydroxyl groups is 1. The molecule has 1 saturated heterocycles. The van der Waals surface area contributed by atoms with E-state index in [1.807, 2.05) is 31.0 Å². The fourth-order valence-corrected chi connectivity index (χ4v) is 2.91.